The van der Waals surface area contributed by atoms with Crippen LogP contribution in [0.15, 0.2) is 54.6 Å². The molecular formula is C22H27ClO2. The number of halogens is 1. The molecule has 25 heavy (non-hydrogen) atoms. The van der Waals surface area contributed by atoms with E-state index in [1.165, 1.54) is 5.56 Å². The fourth-order valence-corrected chi connectivity index (χ4v) is 3.26. The minimum absolute atomic E-state index is 0.0227. The van der Waals surface area contributed by atoms with Gasteiger partial charge >= 0.3 is 5.97 Å². The van der Waals surface area contributed by atoms with Crippen molar-refractivity contribution in [2.75, 3.05) is 0 Å². The van der Waals surface area contributed by atoms with Crippen LogP contribution in [-0.4, -0.2) is 11.3 Å². The van der Waals surface area contributed by atoms with Crippen molar-refractivity contribution in [1.82, 2.24) is 0 Å². The minimum Gasteiger partial charge on any atom is -0.457 e. The van der Waals surface area contributed by atoms with Crippen LogP contribution >= 0.6 is 11.6 Å². The summed E-state index contributed by atoms with van der Waals surface area (Å²) in [6.45, 7) is 6.82. The number of benzene rings is 2. The Morgan fingerprint density at radius 3 is 2.28 bits per heavy atom. The average molecular weight is 359 g/mol. The van der Waals surface area contributed by atoms with E-state index in [4.69, 9.17) is 16.3 Å². The van der Waals surface area contributed by atoms with E-state index in [1.54, 1.807) is 0 Å². The first-order valence-corrected chi connectivity index (χ1v) is 9.37. The lowest BCUT2D eigenvalue weighted by Crippen LogP contribution is -2.25. The molecule has 0 aliphatic rings. The number of rotatable bonds is 8. The first-order valence-electron chi connectivity index (χ1n) is 8.94. The molecule has 0 aromatic heterocycles. The van der Waals surface area contributed by atoms with Crippen molar-refractivity contribution in [1.29, 1.82) is 0 Å². The molecule has 0 radical (unpaired) electrons. The van der Waals surface area contributed by atoms with Gasteiger partial charge in [-0.25, -0.2) is 4.79 Å². The molecule has 2 atom stereocenters. The number of hydrogen-bond donors (Lipinski definition) is 0. The van der Waals surface area contributed by atoms with Gasteiger partial charge in [-0.15, -0.1) is 11.6 Å². The lowest BCUT2D eigenvalue weighted by atomic mass is 9.76. The van der Waals surface area contributed by atoms with Crippen LogP contribution in [0.5, 0.6) is 0 Å². The van der Waals surface area contributed by atoms with Gasteiger partial charge in [0, 0.05) is 5.38 Å². The van der Waals surface area contributed by atoms with Crippen LogP contribution in [0.1, 0.15) is 61.5 Å². The molecule has 0 N–H and O–H groups in total. The second-order valence-electron chi connectivity index (χ2n) is 6.76. The van der Waals surface area contributed by atoms with Crippen LogP contribution < -0.4 is 0 Å². The molecule has 0 saturated carbocycles. The monoisotopic (exact) mass is 358 g/mol. The molecule has 2 nitrogen and oxygen atoms in total. The topological polar surface area (TPSA) is 26.3 Å². The van der Waals surface area contributed by atoms with E-state index in [1.807, 2.05) is 54.6 Å². The second-order valence-corrected chi connectivity index (χ2v) is 7.38. The van der Waals surface area contributed by atoms with Crippen molar-refractivity contribution >= 4 is 17.6 Å². The van der Waals surface area contributed by atoms with Gasteiger partial charge in [-0.2, -0.15) is 0 Å². The van der Waals surface area contributed by atoms with Crippen LogP contribution in [0.4, 0.5) is 0 Å². The molecule has 0 bridgehead atoms. The third-order valence-electron chi connectivity index (χ3n) is 4.93. The van der Waals surface area contributed by atoms with Gasteiger partial charge in [0.25, 0.3) is 0 Å². The van der Waals surface area contributed by atoms with E-state index < -0.39 is 0 Å². The van der Waals surface area contributed by atoms with Crippen LogP contribution in [0.25, 0.3) is 0 Å². The van der Waals surface area contributed by atoms with Gasteiger partial charge in [-0.1, -0.05) is 63.2 Å². The van der Waals surface area contributed by atoms with Gasteiger partial charge in [0.2, 0.25) is 0 Å². The lowest BCUT2D eigenvalue weighted by Gasteiger charge is -2.31. The van der Waals surface area contributed by atoms with Crippen molar-refractivity contribution in [3.8, 4) is 0 Å². The minimum atomic E-state index is -0.294. The lowest BCUT2D eigenvalue weighted by molar-refractivity contribution is 0.0472. The van der Waals surface area contributed by atoms with Crippen LogP contribution in [0, 0.1) is 0 Å². The molecule has 2 unspecified atom stereocenters. The third kappa shape index (κ3) is 5.34. The Labute approximate surface area is 156 Å². The van der Waals surface area contributed by atoms with Crippen LogP contribution in [0.2, 0.25) is 0 Å². The number of carbonyl (C=O) groups is 1. The maximum absolute atomic E-state index is 12.2. The Kier molecular flexibility index (Phi) is 7.07. The molecule has 0 heterocycles. The molecule has 2 rings (SSSR count). The fraction of sp³-hybridized carbons (Fsp3) is 0.409. The van der Waals surface area contributed by atoms with Gasteiger partial charge in [0.15, 0.2) is 0 Å². The molecule has 2 aromatic rings. The number of alkyl halides is 1. The standard InChI is InChI=1S/C22H27ClO2/c1-4-20(23)15-22(3,5-2)19-13-11-18(12-14-19)21(24)25-16-17-9-7-6-8-10-17/h6-14,20H,4-5,15-16H2,1-3H3. The Morgan fingerprint density at radius 1 is 1.08 bits per heavy atom. The summed E-state index contributed by atoms with van der Waals surface area (Å²) in [5.74, 6) is -0.294. The van der Waals surface area contributed by atoms with Gasteiger partial charge in [-0.05, 0) is 47.9 Å². The van der Waals surface area contributed by atoms with E-state index in [0.717, 1.165) is 24.8 Å². The van der Waals surface area contributed by atoms with Crippen LogP contribution in [0.3, 0.4) is 0 Å². The molecule has 0 fully saturated rings. The first-order chi connectivity index (χ1) is 12.0. The quantitative estimate of drug-likeness (QED) is 0.419. The fourth-order valence-electron chi connectivity index (χ4n) is 2.91. The largest absolute Gasteiger partial charge is 0.457 e. The van der Waals surface area contributed by atoms with Crippen molar-refractivity contribution in [3.63, 3.8) is 0 Å². The van der Waals surface area contributed by atoms with Crippen molar-refractivity contribution in [3.05, 3.63) is 71.3 Å². The molecule has 0 amide bonds. The summed E-state index contributed by atoms with van der Waals surface area (Å²) in [5.41, 5.74) is 2.80. The van der Waals surface area contributed by atoms with E-state index >= 15 is 0 Å². The number of esters is 1. The van der Waals surface area contributed by atoms with Crippen molar-refractivity contribution < 1.29 is 9.53 Å². The zero-order valence-corrected chi connectivity index (χ0v) is 16.1. The maximum Gasteiger partial charge on any atom is 0.338 e. The molecule has 0 aliphatic heterocycles. The van der Waals surface area contributed by atoms with Crippen LogP contribution in [-0.2, 0) is 16.8 Å². The highest BCUT2D eigenvalue weighted by molar-refractivity contribution is 6.20. The van der Waals surface area contributed by atoms with Crippen molar-refractivity contribution in [2.24, 2.45) is 0 Å². The van der Waals surface area contributed by atoms with E-state index in [0.29, 0.717) is 12.2 Å². The van der Waals surface area contributed by atoms with Gasteiger partial charge in [0.1, 0.15) is 6.61 Å². The summed E-state index contributed by atoms with van der Waals surface area (Å²) in [5, 5.41) is 0.167. The highest BCUT2D eigenvalue weighted by Crippen LogP contribution is 2.34. The predicted octanol–water partition coefficient (Wildman–Crippen LogP) is 6.12. The Bertz CT molecular complexity index is 666. The predicted molar refractivity (Wildman–Crippen MR) is 104 cm³/mol. The van der Waals surface area contributed by atoms with E-state index in [2.05, 4.69) is 20.8 Å². The normalized spacial score (nSPS) is 14.6. The summed E-state index contributed by atoms with van der Waals surface area (Å²) in [6, 6.07) is 17.5. The molecular weight excluding hydrogens is 332 g/mol. The Balaban J connectivity index is 2.04. The maximum atomic E-state index is 12.2. The van der Waals surface area contributed by atoms with Crippen molar-refractivity contribution in [2.45, 2.75) is 57.4 Å². The number of carbonyl (C=O) groups excluding carboxylic acids is 1. The zero-order chi connectivity index (χ0) is 18.3. The Hall–Kier alpha value is -1.80. The summed E-state index contributed by atoms with van der Waals surface area (Å²) in [7, 11) is 0. The first kappa shape index (κ1) is 19.5. The van der Waals surface area contributed by atoms with Gasteiger partial charge < -0.3 is 4.74 Å². The second kappa shape index (κ2) is 9.05. The number of hydrogen-bond acceptors (Lipinski definition) is 2. The average Bonchev–Trinajstić information content (AvgIpc) is 2.66. The SMILES string of the molecule is CCC(Cl)CC(C)(CC)c1ccc(C(=O)OCc2ccccc2)cc1. The van der Waals surface area contributed by atoms with Gasteiger partial charge in [0.05, 0.1) is 5.56 Å². The molecule has 0 aliphatic carbocycles. The molecule has 0 saturated heterocycles. The molecule has 3 heteroatoms. The van der Waals surface area contributed by atoms with Gasteiger partial charge in [-0.3, -0.25) is 0 Å². The summed E-state index contributed by atoms with van der Waals surface area (Å²) in [6.07, 6.45) is 2.90. The Morgan fingerprint density at radius 2 is 1.72 bits per heavy atom. The van der Waals surface area contributed by atoms with E-state index in [-0.39, 0.29) is 16.8 Å². The molecule has 0 spiro atoms. The smallest absolute Gasteiger partial charge is 0.338 e. The summed E-state index contributed by atoms with van der Waals surface area (Å²) < 4.78 is 5.39. The molecule has 2 aromatic carbocycles. The summed E-state index contributed by atoms with van der Waals surface area (Å²) >= 11 is 6.39. The highest BCUT2D eigenvalue weighted by atomic mass is 35.5. The summed E-state index contributed by atoms with van der Waals surface area (Å²) in [4.78, 5) is 12.2. The zero-order valence-electron chi connectivity index (χ0n) is 15.3. The highest BCUT2D eigenvalue weighted by Gasteiger charge is 2.27. The number of ether oxygens (including phenoxy) is 1. The third-order valence-corrected chi connectivity index (χ3v) is 5.39. The van der Waals surface area contributed by atoms with E-state index in [9.17, 15) is 4.79 Å². The molecule has 134 valence electrons.